The minimum Gasteiger partial charge on any atom is -0.544 e. The van der Waals surface area contributed by atoms with E-state index >= 15 is 0 Å². The van der Waals surface area contributed by atoms with Gasteiger partial charge in [-0.2, -0.15) is 0 Å². The van der Waals surface area contributed by atoms with Crippen LogP contribution in [0, 0.1) is 6.92 Å². The van der Waals surface area contributed by atoms with Crippen molar-refractivity contribution in [2.45, 2.75) is 33.0 Å². The largest absolute Gasteiger partial charge is 0.544 e. The van der Waals surface area contributed by atoms with Gasteiger partial charge in [0.05, 0.1) is 0 Å². The van der Waals surface area contributed by atoms with Crippen LogP contribution in [0.25, 0.3) is 0 Å². The first-order chi connectivity index (χ1) is 6.94. The van der Waals surface area contributed by atoms with E-state index in [4.69, 9.17) is 4.43 Å². The first-order valence-electron chi connectivity index (χ1n) is 5.32. The zero-order chi connectivity index (χ0) is 11.5. The zero-order valence-electron chi connectivity index (χ0n) is 10.1. The Kier molecular flexibility index (Phi) is 3.75. The summed E-state index contributed by atoms with van der Waals surface area (Å²) >= 11 is 0. The molecule has 0 unspecified atom stereocenters. The molecule has 0 N–H and O–H groups in total. The Labute approximate surface area is 93.9 Å². The van der Waals surface area contributed by atoms with E-state index in [2.05, 4.69) is 51.3 Å². The van der Waals surface area contributed by atoms with Crippen molar-refractivity contribution in [3.05, 3.63) is 42.0 Å². The predicted molar refractivity (Wildman–Crippen MR) is 69.1 cm³/mol. The Morgan fingerprint density at radius 2 is 2.00 bits per heavy atom. The molecular formula is C13H20OSi. The third kappa shape index (κ3) is 3.55. The average Bonchev–Trinajstić information content (AvgIpc) is 2.10. The molecule has 1 aromatic carbocycles. The van der Waals surface area contributed by atoms with Crippen molar-refractivity contribution in [2.75, 3.05) is 0 Å². The number of rotatable bonds is 4. The van der Waals surface area contributed by atoms with Crippen molar-refractivity contribution in [1.82, 2.24) is 0 Å². The highest BCUT2D eigenvalue weighted by Gasteiger charge is 2.18. The van der Waals surface area contributed by atoms with E-state index in [0.717, 1.165) is 12.2 Å². The van der Waals surface area contributed by atoms with Gasteiger partial charge in [0.25, 0.3) is 0 Å². The summed E-state index contributed by atoms with van der Waals surface area (Å²) in [5.74, 6) is 1.07. The lowest BCUT2D eigenvalue weighted by atomic mass is 10.1. The minimum absolute atomic E-state index is 0.876. The summed E-state index contributed by atoms with van der Waals surface area (Å²) < 4.78 is 6.11. The molecule has 0 aliphatic heterocycles. The second kappa shape index (κ2) is 4.66. The number of hydrogen-bond donors (Lipinski definition) is 0. The number of benzene rings is 1. The van der Waals surface area contributed by atoms with Crippen LogP contribution < -0.4 is 4.43 Å². The number of aryl methyl sites for hydroxylation is 1. The van der Waals surface area contributed by atoms with Crippen LogP contribution in [0.4, 0.5) is 0 Å². The topological polar surface area (TPSA) is 9.23 Å². The van der Waals surface area contributed by atoms with Crippen molar-refractivity contribution in [2.24, 2.45) is 0 Å². The third-order valence-corrected chi connectivity index (χ3v) is 2.88. The van der Waals surface area contributed by atoms with Crippen LogP contribution in [0.5, 0.6) is 5.75 Å². The summed E-state index contributed by atoms with van der Waals surface area (Å²) in [7, 11) is -1.52. The Hall–Kier alpha value is -1.02. The summed E-state index contributed by atoms with van der Waals surface area (Å²) in [4.78, 5) is 0. The summed E-state index contributed by atoms with van der Waals surface area (Å²) in [6.07, 6.45) is 2.80. The van der Waals surface area contributed by atoms with Crippen molar-refractivity contribution in [3.8, 4) is 5.75 Å². The molecule has 0 amide bonds. The monoisotopic (exact) mass is 220 g/mol. The minimum atomic E-state index is -1.52. The standard InChI is InChI=1S/C13H20OSi/c1-6-8-12-10-7-9-11(2)13(12)14-15(3,4)5/h6-7,9-10H,1,8H2,2-5H3. The molecule has 0 fully saturated rings. The molecule has 15 heavy (non-hydrogen) atoms. The molecule has 0 saturated heterocycles. The van der Waals surface area contributed by atoms with Crippen LogP contribution in [0.3, 0.4) is 0 Å². The van der Waals surface area contributed by atoms with E-state index < -0.39 is 8.32 Å². The Bertz CT molecular complexity index is 350. The van der Waals surface area contributed by atoms with Gasteiger partial charge in [-0.25, -0.2) is 0 Å². The first kappa shape index (κ1) is 12.0. The number of hydrogen-bond acceptors (Lipinski definition) is 1. The summed E-state index contributed by atoms with van der Waals surface area (Å²) in [6.45, 7) is 12.5. The average molecular weight is 220 g/mol. The van der Waals surface area contributed by atoms with E-state index in [0.29, 0.717) is 0 Å². The van der Waals surface area contributed by atoms with Gasteiger partial charge in [-0.1, -0.05) is 24.3 Å². The van der Waals surface area contributed by atoms with E-state index in [9.17, 15) is 0 Å². The molecule has 1 rings (SSSR count). The Morgan fingerprint density at radius 1 is 1.33 bits per heavy atom. The molecule has 1 aromatic rings. The smallest absolute Gasteiger partial charge is 0.242 e. The third-order valence-electron chi connectivity index (χ3n) is 2.07. The van der Waals surface area contributed by atoms with Gasteiger partial charge in [0.1, 0.15) is 5.75 Å². The SMILES string of the molecule is C=CCc1cccc(C)c1O[Si](C)(C)C. The normalized spacial score (nSPS) is 11.2. The van der Waals surface area contributed by atoms with Crippen LogP contribution in [-0.2, 0) is 6.42 Å². The highest BCUT2D eigenvalue weighted by molar-refractivity contribution is 6.70. The van der Waals surface area contributed by atoms with Crippen LogP contribution in [0.15, 0.2) is 30.9 Å². The van der Waals surface area contributed by atoms with Crippen LogP contribution in [-0.4, -0.2) is 8.32 Å². The highest BCUT2D eigenvalue weighted by Crippen LogP contribution is 2.26. The van der Waals surface area contributed by atoms with Gasteiger partial charge in [-0.15, -0.1) is 6.58 Å². The second-order valence-electron chi connectivity index (χ2n) is 4.77. The lowest BCUT2D eigenvalue weighted by Crippen LogP contribution is -2.30. The van der Waals surface area contributed by atoms with Crippen molar-refractivity contribution in [3.63, 3.8) is 0 Å². The molecule has 1 nitrogen and oxygen atoms in total. The summed E-state index contributed by atoms with van der Waals surface area (Å²) in [5.41, 5.74) is 2.46. The predicted octanol–water partition coefficient (Wildman–Crippen LogP) is 3.94. The quantitative estimate of drug-likeness (QED) is 0.552. The van der Waals surface area contributed by atoms with Crippen LogP contribution in [0.1, 0.15) is 11.1 Å². The number of allylic oxidation sites excluding steroid dienone is 1. The molecule has 0 aliphatic rings. The lowest BCUT2D eigenvalue weighted by Gasteiger charge is -2.23. The van der Waals surface area contributed by atoms with Gasteiger partial charge < -0.3 is 4.43 Å². The van der Waals surface area contributed by atoms with Crippen molar-refractivity contribution >= 4 is 8.32 Å². The van der Waals surface area contributed by atoms with Crippen molar-refractivity contribution < 1.29 is 4.43 Å². The van der Waals surface area contributed by atoms with Crippen molar-refractivity contribution in [1.29, 1.82) is 0 Å². The second-order valence-corrected chi connectivity index (χ2v) is 9.20. The molecular weight excluding hydrogens is 200 g/mol. The fraction of sp³-hybridized carbons (Fsp3) is 0.385. The molecule has 0 radical (unpaired) electrons. The molecule has 82 valence electrons. The van der Waals surface area contributed by atoms with E-state index in [-0.39, 0.29) is 0 Å². The van der Waals surface area contributed by atoms with Gasteiger partial charge in [0, 0.05) is 0 Å². The van der Waals surface area contributed by atoms with Gasteiger partial charge in [0.15, 0.2) is 0 Å². The fourth-order valence-corrected chi connectivity index (χ4v) is 2.39. The maximum Gasteiger partial charge on any atom is 0.242 e. The Morgan fingerprint density at radius 3 is 2.53 bits per heavy atom. The molecule has 0 aromatic heterocycles. The highest BCUT2D eigenvalue weighted by atomic mass is 28.4. The molecule has 0 bridgehead atoms. The maximum absolute atomic E-state index is 6.11. The van der Waals surface area contributed by atoms with Gasteiger partial charge in [0.2, 0.25) is 8.32 Å². The molecule has 2 heteroatoms. The first-order valence-corrected chi connectivity index (χ1v) is 8.73. The molecule has 0 aliphatic carbocycles. The fourth-order valence-electron chi connectivity index (χ4n) is 1.48. The van der Waals surface area contributed by atoms with Gasteiger partial charge in [-0.3, -0.25) is 0 Å². The number of para-hydroxylation sites is 1. The molecule has 0 saturated carbocycles. The van der Waals surface area contributed by atoms with E-state index in [1.165, 1.54) is 11.1 Å². The van der Waals surface area contributed by atoms with Gasteiger partial charge in [-0.05, 0) is 44.1 Å². The lowest BCUT2D eigenvalue weighted by molar-refractivity contribution is 0.546. The summed E-state index contributed by atoms with van der Waals surface area (Å²) in [6, 6.07) is 6.29. The molecule has 0 atom stereocenters. The van der Waals surface area contributed by atoms with E-state index in [1.807, 2.05) is 6.08 Å². The van der Waals surface area contributed by atoms with Crippen LogP contribution >= 0.6 is 0 Å². The molecule has 0 spiro atoms. The van der Waals surface area contributed by atoms with E-state index in [1.54, 1.807) is 0 Å². The van der Waals surface area contributed by atoms with Gasteiger partial charge >= 0.3 is 0 Å². The molecule has 0 heterocycles. The van der Waals surface area contributed by atoms with Crippen LogP contribution in [0.2, 0.25) is 19.6 Å². The summed E-state index contributed by atoms with van der Waals surface area (Å²) in [5, 5.41) is 0. The maximum atomic E-state index is 6.11. The Balaban J connectivity index is 3.07. The zero-order valence-corrected chi connectivity index (χ0v) is 11.1.